The number of carbonyl (C=O) groups is 2. The summed E-state index contributed by atoms with van der Waals surface area (Å²) in [6, 6.07) is 30.9. The number of likely N-dealkylation sites (tertiary alicyclic amines) is 1. The molecule has 1 aliphatic heterocycles. The molecule has 1 saturated heterocycles. The number of piperidine rings is 1. The number of hydrogen-bond acceptors (Lipinski definition) is 4. The van der Waals surface area contributed by atoms with Crippen LogP contribution in [-0.4, -0.2) is 72.0 Å². The van der Waals surface area contributed by atoms with Gasteiger partial charge < -0.3 is 19.4 Å². The number of rotatable bonds is 10. The molecule has 2 aliphatic carbocycles. The molecule has 6 nitrogen and oxygen atoms in total. The van der Waals surface area contributed by atoms with Gasteiger partial charge in [-0.15, -0.1) is 0 Å². The molecule has 226 valence electrons. The molecule has 3 aromatic carbocycles. The monoisotopic (exact) mass is 579 g/mol. The SMILES string of the molecule is CN(C(=O)c1ccccc1)C1C[C@H](CN2CCC(N(CC3CC3)C(=O)OCc3ccccc3)CC2)[C@@H](c2ccccc2)C1. The van der Waals surface area contributed by atoms with E-state index in [9.17, 15) is 9.59 Å². The fourth-order valence-electron chi connectivity index (χ4n) is 7.17. The summed E-state index contributed by atoms with van der Waals surface area (Å²) in [4.78, 5) is 33.2. The largest absolute Gasteiger partial charge is 0.445 e. The van der Waals surface area contributed by atoms with E-state index in [0.29, 0.717) is 24.4 Å². The molecule has 6 rings (SSSR count). The molecule has 2 saturated carbocycles. The summed E-state index contributed by atoms with van der Waals surface area (Å²) in [5, 5.41) is 0. The second kappa shape index (κ2) is 13.8. The minimum Gasteiger partial charge on any atom is -0.445 e. The van der Waals surface area contributed by atoms with Crippen molar-refractivity contribution >= 4 is 12.0 Å². The Morgan fingerprint density at radius 1 is 0.791 bits per heavy atom. The van der Waals surface area contributed by atoms with Crippen molar-refractivity contribution in [1.82, 2.24) is 14.7 Å². The predicted molar refractivity (Wildman–Crippen MR) is 170 cm³/mol. The van der Waals surface area contributed by atoms with Gasteiger partial charge in [-0.25, -0.2) is 4.79 Å². The normalized spacial score (nSPS) is 22.7. The van der Waals surface area contributed by atoms with Crippen LogP contribution in [0, 0.1) is 11.8 Å². The molecule has 0 N–H and O–H groups in total. The van der Waals surface area contributed by atoms with E-state index in [-0.39, 0.29) is 24.1 Å². The topological polar surface area (TPSA) is 53.1 Å². The Morgan fingerprint density at radius 2 is 1.42 bits per heavy atom. The van der Waals surface area contributed by atoms with E-state index in [1.807, 2.05) is 77.5 Å². The maximum absolute atomic E-state index is 13.3. The predicted octanol–water partition coefficient (Wildman–Crippen LogP) is 6.83. The van der Waals surface area contributed by atoms with Gasteiger partial charge in [-0.3, -0.25) is 4.79 Å². The highest BCUT2D eigenvalue weighted by atomic mass is 16.6. The van der Waals surface area contributed by atoms with Gasteiger partial charge >= 0.3 is 6.09 Å². The molecule has 3 aliphatic rings. The smallest absolute Gasteiger partial charge is 0.410 e. The van der Waals surface area contributed by atoms with Crippen LogP contribution in [0.25, 0.3) is 0 Å². The van der Waals surface area contributed by atoms with E-state index in [4.69, 9.17) is 4.74 Å². The second-order valence-corrected chi connectivity index (χ2v) is 12.9. The van der Waals surface area contributed by atoms with Crippen LogP contribution < -0.4 is 0 Å². The Balaban J connectivity index is 1.08. The molecule has 0 aromatic heterocycles. The van der Waals surface area contributed by atoms with E-state index in [1.165, 1.54) is 18.4 Å². The molecule has 3 aromatic rings. The Bertz CT molecular complexity index is 1320. The Labute approximate surface area is 256 Å². The van der Waals surface area contributed by atoms with E-state index in [2.05, 4.69) is 35.2 Å². The third-order valence-electron chi connectivity index (χ3n) is 9.87. The first-order chi connectivity index (χ1) is 21.0. The summed E-state index contributed by atoms with van der Waals surface area (Å²) in [7, 11) is 1.97. The number of hydrogen-bond donors (Lipinski definition) is 0. The molecule has 43 heavy (non-hydrogen) atoms. The minimum atomic E-state index is -0.164. The van der Waals surface area contributed by atoms with Gasteiger partial charge in [-0.05, 0) is 79.5 Å². The van der Waals surface area contributed by atoms with Crippen molar-refractivity contribution < 1.29 is 14.3 Å². The lowest BCUT2D eigenvalue weighted by molar-refractivity contribution is 0.0552. The van der Waals surface area contributed by atoms with Crippen molar-refractivity contribution in [2.75, 3.05) is 33.2 Å². The first-order valence-electron chi connectivity index (χ1n) is 16.1. The Morgan fingerprint density at radius 3 is 2.07 bits per heavy atom. The fourth-order valence-corrected chi connectivity index (χ4v) is 7.17. The van der Waals surface area contributed by atoms with Crippen molar-refractivity contribution in [1.29, 1.82) is 0 Å². The number of ether oxygens (including phenoxy) is 1. The quantitative estimate of drug-likeness (QED) is 0.264. The maximum atomic E-state index is 13.3. The average Bonchev–Trinajstić information content (AvgIpc) is 3.80. The number of carbonyl (C=O) groups excluding carboxylic acids is 2. The summed E-state index contributed by atoms with van der Waals surface area (Å²) in [5.74, 6) is 1.64. The summed E-state index contributed by atoms with van der Waals surface area (Å²) in [5.41, 5.74) is 3.16. The van der Waals surface area contributed by atoms with Gasteiger partial charge in [0.05, 0.1) is 0 Å². The van der Waals surface area contributed by atoms with Gasteiger partial charge in [0.15, 0.2) is 0 Å². The highest BCUT2D eigenvalue weighted by Crippen LogP contribution is 2.43. The van der Waals surface area contributed by atoms with Crippen LogP contribution in [0.5, 0.6) is 0 Å². The Hall–Kier alpha value is -3.64. The highest BCUT2D eigenvalue weighted by Gasteiger charge is 2.40. The van der Waals surface area contributed by atoms with Crippen molar-refractivity contribution in [3.05, 3.63) is 108 Å². The molecule has 0 radical (unpaired) electrons. The van der Waals surface area contributed by atoms with E-state index in [0.717, 1.165) is 63.0 Å². The van der Waals surface area contributed by atoms with Crippen LogP contribution in [0.3, 0.4) is 0 Å². The molecule has 3 atom stereocenters. The zero-order valence-corrected chi connectivity index (χ0v) is 25.4. The Kier molecular flexibility index (Phi) is 9.42. The summed E-state index contributed by atoms with van der Waals surface area (Å²) < 4.78 is 5.80. The van der Waals surface area contributed by atoms with Crippen LogP contribution in [0.1, 0.15) is 65.9 Å². The average molecular weight is 580 g/mol. The third kappa shape index (κ3) is 7.48. The second-order valence-electron chi connectivity index (χ2n) is 12.9. The summed E-state index contributed by atoms with van der Waals surface area (Å²) in [6.07, 6.45) is 6.22. The zero-order valence-electron chi connectivity index (χ0n) is 25.4. The number of amides is 2. The summed E-state index contributed by atoms with van der Waals surface area (Å²) >= 11 is 0. The lowest BCUT2D eigenvalue weighted by Crippen LogP contribution is -2.49. The van der Waals surface area contributed by atoms with Crippen LogP contribution in [0.2, 0.25) is 0 Å². The van der Waals surface area contributed by atoms with Gasteiger partial charge in [-0.2, -0.15) is 0 Å². The zero-order chi connectivity index (χ0) is 29.6. The standard InChI is InChI=1S/C37H45N3O3/c1-38(36(41)31-15-9-4-10-16-31)34-23-32(35(24-34)30-13-7-3-8-14-30)26-39-21-19-33(20-22-39)40(25-28-17-18-28)37(42)43-27-29-11-5-2-6-12-29/h2-16,28,32-35H,17-27H2,1H3/t32-,34?,35-/m1/s1. The van der Waals surface area contributed by atoms with Crippen molar-refractivity contribution in [2.24, 2.45) is 11.8 Å². The first-order valence-corrected chi connectivity index (χ1v) is 16.1. The van der Waals surface area contributed by atoms with E-state index < -0.39 is 0 Å². The fraction of sp³-hybridized carbons (Fsp3) is 0.459. The van der Waals surface area contributed by atoms with Crippen LogP contribution in [0.4, 0.5) is 4.79 Å². The van der Waals surface area contributed by atoms with Crippen molar-refractivity contribution in [3.63, 3.8) is 0 Å². The van der Waals surface area contributed by atoms with Gasteiger partial charge in [0.2, 0.25) is 0 Å². The molecule has 0 spiro atoms. The lowest BCUT2D eigenvalue weighted by atomic mass is 9.88. The van der Waals surface area contributed by atoms with Gasteiger partial charge in [0.1, 0.15) is 6.61 Å². The minimum absolute atomic E-state index is 0.105. The molecular formula is C37H45N3O3. The van der Waals surface area contributed by atoms with Gasteiger partial charge in [0, 0.05) is 50.9 Å². The van der Waals surface area contributed by atoms with Gasteiger partial charge in [-0.1, -0.05) is 78.9 Å². The van der Waals surface area contributed by atoms with Crippen molar-refractivity contribution in [3.8, 4) is 0 Å². The molecule has 2 amide bonds. The van der Waals surface area contributed by atoms with E-state index in [1.54, 1.807) is 0 Å². The summed E-state index contributed by atoms with van der Waals surface area (Å²) in [6.45, 7) is 4.14. The molecular weight excluding hydrogens is 534 g/mol. The molecule has 1 unspecified atom stereocenters. The van der Waals surface area contributed by atoms with Crippen molar-refractivity contribution in [2.45, 2.75) is 63.1 Å². The van der Waals surface area contributed by atoms with Gasteiger partial charge in [0.25, 0.3) is 5.91 Å². The highest BCUT2D eigenvalue weighted by molar-refractivity contribution is 5.94. The molecule has 0 bridgehead atoms. The molecule has 6 heteroatoms. The molecule has 1 heterocycles. The van der Waals surface area contributed by atoms with Crippen LogP contribution in [0.15, 0.2) is 91.0 Å². The third-order valence-corrected chi connectivity index (χ3v) is 9.87. The van der Waals surface area contributed by atoms with Crippen LogP contribution >= 0.6 is 0 Å². The number of nitrogens with zero attached hydrogens (tertiary/aromatic N) is 3. The van der Waals surface area contributed by atoms with E-state index >= 15 is 0 Å². The lowest BCUT2D eigenvalue weighted by Gasteiger charge is -2.39. The maximum Gasteiger partial charge on any atom is 0.410 e. The van der Waals surface area contributed by atoms with Crippen LogP contribution in [-0.2, 0) is 11.3 Å². The number of benzene rings is 3. The first kappa shape index (κ1) is 29.4. The molecule has 3 fully saturated rings.